The highest BCUT2D eigenvalue weighted by molar-refractivity contribution is 9.10. The van der Waals surface area contributed by atoms with Gasteiger partial charge in [0.1, 0.15) is 31.4 Å². The second-order valence-electron chi connectivity index (χ2n) is 4.84. The van der Waals surface area contributed by atoms with Crippen LogP contribution in [0.1, 0.15) is 5.56 Å². The second-order valence-corrected chi connectivity index (χ2v) is 5.76. The van der Waals surface area contributed by atoms with Crippen molar-refractivity contribution >= 4 is 21.8 Å². The minimum atomic E-state index is -2.29. The summed E-state index contributed by atoms with van der Waals surface area (Å²) in [4.78, 5) is 11.9. The molecule has 116 valence electrons. The maximum absolute atomic E-state index is 13.9. The van der Waals surface area contributed by atoms with Crippen LogP contribution in [-0.4, -0.2) is 38.1 Å². The van der Waals surface area contributed by atoms with E-state index in [1.807, 2.05) is 0 Å². The lowest BCUT2D eigenvalue weighted by Gasteiger charge is -2.43. The van der Waals surface area contributed by atoms with Crippen LogP contribution in [0.15, 0.2) is 22.7 Å². The Morgan fingerprint density at radius 1 is 1.24 bits per heavy atom. The molecule has 1 aromatic carbocycles. The van der Waals surface area contributed by atoms with Gasteiger partial charge < -0.3 is 10.1 Å². The summed E-state index contributed by atoms with van der Waals surface area (Å²) >= 11 is 3.12. The molecule has 0 radical (unpaired) electrons. The second kappa shape index (κ2) is 5.92. The number of nitrogens with one attached hydrogen (secondary N) is 1. The van der Waals surface area contributed by atoms with Crippen LogP contribution in [0.2, 0.25) is 0 Å². The van der Waals surface area contributed by atoms with Crippen molar-refractivity contribution in [2.75, 3.05) is 26.6 Å². The van der Waals surface area contributed by atoms with Crippen molar-refractivity contribution < 1.29 is 27.1 Å². The van der Waals surface area contributed by atoms with Crippen LogP contribution < -0.4 is 5.32 Å². The van der Waals surface area contributed by atoms with Crippen molar-refractivity contribution in [3.63, 3.8) is 0 Å². The Bertz CT molecular complexity index is 553. The Balaban J connectivity index is 2.42. The molecule has 1 atom stereocenters. The zero-order valence-corrected chi connectivity index (χ0v) is 12.4. The van der Waals surface area contributed by atoms with Crippen molar-refractivity contribution in [2.45, 2.75) is 11.1 Å². The number of hydrogen-bond acceptors (Lipinski definition) is 2. The fourth-order valence-corrected chi connectivity index (χ4v) is 2.44. The SMILES string of the molecule is O=C1N[C@](CF)(c2cc(Br)ccc2F)COC1(CF)CF. The van der Waals surface area contributed by atoms with Gasteiger partial charge in [0, 0.05) is 10.0 Å². The largest absolute Gasteiger partial charge is 0.357 e. The Labute approximate surface area is 126 Å². The molecule has 0 bridgehead atoms. The summed E-state index contributed by atoms with van der Waals surface area (Å²) in [7, 11) is 0. The summed E-state index contributed by atoms with van der Waals surface area (Å²) in [5.74, 6) is -1.90. The number of carbonyl (C=O) groups is 1. The zero-order valence-electron chi connectivity index (χ0n) is 10.8. The molecule has 1 amide bonds. The maximum Gasteiger partial charge on any atom is 0.258 e. The number of amides is 1. The van der Waals surface area contributed by atoms with E-state index >= 15 is 0 Å². The smallest absolute Gasteiger partial charge is 0.258 e. The van der Waals surface area contributed by atoms with E-state index in [0.717, 1.165) is 6.07 Å². The fourth-order valence-electron chi connectivity index (χ4n) is 2.08. The minimum absolute atomic E-state index is 0.154. The first-order valence-electron chi connectivity index (χ1n) is 6.03. The number of hydrogen-bond donors (Lipinski definition) is 1. The molecule has 21 heavy (non-hydrogen) atoms. The van der Waals surface area contributed by atoms with Crippen LogP contribution in [-0.2, 0) is 15.1 Å². The third-order valence-corrected chi connectivity index (χ3v) is 3.96. The van der Waals surface area contributed by atoms with Crippen LogP contribution in [0, 0.1) is 5.82 Å². The van der Waals surface area contributed by atoms with Crippen molar-refractivity contribution in [2.24, 2.45) is 0 Å². The molecule has 1 aliphatic heterocycles. The first-order valence-corrected chi connectivity index (χ1v) is 6.82. The molecule has 0 aromatic heterocycles. The van der Waals surface area contributed by atoms with E-state index in [-0.39, 0.29) is 5.56 Å². The summed E-state index contributed by atoms with van der Waals surface area (Å²) in [5.41, 5.74) is -4.25. The summed E-state index contributed by atoms with van der Waals surface area (Å²) < 4.78 is 58.6. The Kier molecular flexibility index (Phi) is 4.57. The fraction of sp³-hybridized carbons (Fsp3) is 0.462. The molecule has 2 rings (SSSR count). The summed E-state index contributed by atoms with van der Waals surface area (Å²) in [6, 6.07) is 3.79. The first kappa shape index (κ1) is 16.2. The highest BCUT2D eigenvalue weighted by Crippen LogP contribution is 2.33. The Morgan fingerprint density at radius 2 is 1.90 bits per heavy atom. The van der Waals surface area contributed by atoms with Crippen LogP contribution in [0.5, 0.6) is 0 Å². The number of ether oxygens (including phenoxy) is 1. The predicted molar refractivity (Wildman–Crippen MR) is 70.5 cm³/mol. The number of carbonyl (C=O) groups excluding carboxylic acids is 1. The van der Waals surface area contributed by atoms with Gasteiger partial charge in [0.05, 0.1) is 6.61 Å². The van der Waals surface area contributed by atoms with Gasteiger partial charge in [-0.05, 0) is 18.2 Å². The lowest BCUT2D eigenvalue weighted by Crippen LogP contribution is -2.67. The maximum atomic E-state index is 13.9. The van der Waals surface area contributed by atoms with Gasteiger partial charge in [-0.15, -0.1) is 0 Å². The van der Waals surface area contributed by atoms with Gasteiger partial charge in [0.15, 0.2) is 0 Å². The van der Waals surface area contributed by atoms with Crippen molar-refractivity contribution in [3.8, 4) is 0 Å². The monoisotopic (exact) mass is 369 g/mol. The molecule has 0 spiro atoms. The molecule has 0 saturated carbocycles. The van der Waals surface area contributed by atoms with Crippen LogP contribution in [0.25, 0.3) is 0 Å². The van der Waals surface area contributed by atoms with Gasteiger partial charge in [-0.2, -0.15) is 0 Å². The number of morpholine rings is 1. The Hall–Kier alpha value is -1.15. The van der Waals surface area contributed by atoms with Crippen LogP contribution >= 0.6 is 15.9 Å². The standard InChI is InChI=1S/C13H12BrF4NO2/c14-8-1-2-10(18)9(3-8)12(4-15)7-21-13(5-16,6-17)11(20)19-12/h1-3H,4-7H2,(H,19,20)/t12-/m0/s1. The molecule has 1 fully saturated rings. The van der Waals surface area contributed by atoms with Crippen LogP contribution in [0.3, 0.4) is 0 Å². The predicted octanol–water partition coefficient (Wildman–Crippen LogP) is 2.58. The molecule has 3 nitrogen and oxygen atoms in total. The third kappa shape index (κ3) is 2.66. The Morgan fingerprint density at radius 3 is 2.43 bits per heavy atom. The quantitative estimate of drug-likeness (QED) is 0.828. The van der Waals surface area contributed by atoms with E-state index < -0.39 is 49.5 Å². The van der Waals surface area contributed by atoms with Gasteiger partial charge in [-0.25, -0.2) is 17.6 Å². The van der Waals surface area contributed by atoms with E-state index in [4.69, 9.17) is 4.74 Å². The van der Waals surface area contributed by atoms with E-state index in [0.29, 0.717) is 4.47 Å². The van der Waals surface area contributed by atoms with E-state index in [1.54, 1.807) is 0 Å². The number of benzene rings is 1. The van der Waals surface area contributed by atoms with E-state index in [2.05, 4.69) is 21.2 Å². The van der Waals surface area contributed by atoms with Gasteiger partial charge in [-0.1, -0.05) is 15.9 Å². The van der Waals surface area contributed by atoms with E-state index in [1.165, 1.54) is 12.1 Å². The lowest BCUT2D eigenvalue weighted by molar-refractivity contribution is -0.174. The third-order valence-electron chi connectivity index (χ3n) is 3.47. The van der Waals surface area contributed by atoms with Crippen molar-refractivity contribution in [1.29, 1.82) is 0 Å². The summed E-state index contributed by atoms with van der Waals surface area (Å²) in [6.07, 6.45) is 0. The molecular formula is C13H12BrF4NO2. The highest BCUT2D eigenvalue weighted by atomic mass is 79.9. The highest BCUT2D eigenvalue weighted by Gasteiger charge is 2.52. The first-order chi connectivity index (χ1) is 9.93. The number of rotatable bonds is 4. The molecule has 1 aliphatic rings. The summed E-state index contributed by atoms with van der Waals surface area (Å²) in [5, 5.41) is 2.18. The van der Waals surface area contributed by atoms with Crippen LogP contribution in [0.4, 0.5) is 17.6 Å². The van der Waals surface area contributed by atoms with Gasteiger partial charge >= 0.3 is 0 Å². The average Bonchev–Trinajstić information content (AvgIpc) is 2.50. The topological polar surface area (TPSA) is 38.3 Å². The zero-order chi connectivity index (χ0) is 15.7. The lowest BCUT2D eigenvalue weighted by atomic mass is 9.87. The molecule has 1 aromatic rings. The molecule has 1 heterocycles. The molecule has 1 saturated heterocycles. The average molecular weight is 370 g/mol. The molecular weight excluding hydrogens is 358 g/mol. The number of halogens is 5. The van der Waals surface area contributed by atoms with Gasteiger partial charge in [0.2, 0.25) is 5.60 Å². The van der Waals surface area contributed by atoms with Gasteiger partial charge in [0.25, 0.3) is 5.91 Å². The van der Waals surface area contributed by atoms with E-state index in [9.17, 15) is 22.4 Å². The summed E-state index contributed by atoms with van der Waals surface area (Å²) in [6.45, 7) is -4.53. The molecule has 0 aliphatic carbocycles. The molecule has 8 heteroatoms. The normalized spacial score (nSPS) is 24.7. The minimum Gasteiger partial charge on any atom is -0.357 e. The molecule has 1 N–H and O–H groups in total. The molecule has 0 unspecified atom stereocenters. The van der Waals surface area contributed by atoms with Gasteiger partial charge in [-0.3, -0.25) is 4.79 Å². The van der Waals surface area contributed by atoms with Crippen molar-refractivity contribution in [3.05, 3.63) is 34.1 Å². The number of alkyl halides is 3. The van der Waals surface area contributed by atoms with Crippen molar-refractivity contribution in [1.82, 2.24) is 5.32 Å².